The molecule has 4 amide bonds. The largest absolute Gasteiger partial charge is 0.355 e. The minimum Gasteiger partial charge on any atom is -0.355 e. The molecule has 13 nitrogen and oxygen atoms in total. The number of rotatable bonds is 8. The third-order valence-corrected chi connectivity index (χ3v) is 5.03. The third kappa shape index (κ3) is 8.89. The first-order valence-electron chi connectivity index (χ1n) is 11.5. The standard InChI is InChI=1S/C23H28N10O3.ClH/c34-19(13-28-21-24-9-10-25-21)30-15-1-5-17(6-2-15)32-23(36)33-18-7-3-16(4-8-18)31-20(35)14-29-22-26-11-12-27-22;/h1-8H,9-14H2,(H,30,34)(H,31,35)(H2,24,25,28)(H2,26,27,29)(H2,32,33,36);1H. The number of guanidine groups is 2. The van der Waals surface area contributed by atoms with Crippen LogP contribution in [0, 0.1) is 0 Å². The summed E-state index contributed by atoms with van der Waals surface area (Å²) >= 11 is 0. The zero-order valence-electron chi connectivity index (χ0n) is 19.9. The molecule has 14 heteroatoms. The van der Waals surface area contributed by atoms with E-state index < -0.39 is 6.03 Å². The van der Waals surface area contributed by atoms with Crippen LogP contribution in [0.3, 0.4) is 0 Å². The van der Waals surface area contributed by atoms with Crippen molar-refractivity contribution in [3.05, 3.63) is 48.5 Å². The first kappa shape index (κ1) is 27.1. The van der Waals surface area contributed by atoms with Crippen molar-refractivity contribution in [1.29, 1.82) is 0 Å². The maximum absolute atomic E-state index is 12.3. The summed E-state index contributed by atoms with van der Waals surface area (Å²) in [4.78, 5) is 44.7. The van der Waals surface area contributed by atoms with E-state index in [1.165, 1.54) is 0 Å². The third-order valence-electron chi connectivity index (χ3n) is 5.03. The van der Waals surface area contributed by atoms with Crippen molar-refractivity contribution in [2.75, 3.05) is 60.5 Å². The molecule has 2 aromatic carbocycles. The summed E-state index contributed by atoms with van der Waals surface area (Å²) in [5.74, 6) is 0.827. The summed E-state index contributed by atoms with van der Waals surface area (Å²) in [5, 5.41) is 22.9. The average Bonchev–Trinajstić information content (AvgIpc) is 3.58. The van der Waals surface area contributed by atoms with E-state index in [0.717, 1.165) is 13.1 Å². The van der Waals surface area contributed by atoms with Gasteiger partial charge in [0, 0.05) is 35.8 Å². The molecule has 37 heavy (non-hydrogen) atoms. The first-order chi connectivity index (χ1) is 17.5. The quantitative estimate of drug-likeness (QED) is 0.249. The van der Waals surface area contributed by atoms with Gasteiger partial charge in [-0.1, -0.05) is 0 Å². The van der Waals surface area contributed by atoms with Crippen LogP contribution in [0.15, 0.2) is 58.5 Å². The fourth-order valence-electron chi connectivity index (χ4n) is 3.34. The Morgan fingerprint density at radius 2 is 0.973 bits per heavy atom. The van der Waals surface area contributed by atoms with Crippen molar-refractivity contribution < 1.29 is 14.4 Å². The monoisotopic (exact) mass is 528 g/mol. The van der Waals surface area contributed by atoms with Gasteiger partial charge in [-0.2, -0.15) is 0 Å². The summed E-state index contributed by atoms with van der Waals surface area (Å²) in [6.45, 7) is 3.12. The lowest BCUT2D eigenvalue weighted by atomic mass is 10.2. The highest BCUT2D eigenvalue weighted by atomic mass is 35.5. The Labute approximate surface area is 219 Å². The normalized spacial score (nSPS) is 13.5. The zero-order valence-corrected chi connectivity index (χ0v) is 20.7. The maximum Gasteiger partial charge on any atom is 0.323 e. The van der Waals surface area contributed by atoms with E-state index in [2.05, 4.69) is 52.5 Å². The van der Waals surface area contributed by atoms with E-state index in [4.69, 9.17) is 0 Å². The van der Waals surface area contributed by atoms with Crippen LogP contribution in [0.25, 0.3) is 0 Å². The molecule has 0 bridgehead atoms. The Balaban J connectivity index is 0.00000380. The zero-order chi connectivity index (χ0) is 25.2. The van der Waals surface area contributed by atoms with Gasteiger partial charge in [-0.25, -0.2) is 4.79 Å². The van der Waals surface area contributed by atoms with E-state index >= 15 is 0 Å². The van der Waals surface area contributed by atoms with Gasteiger partial charge in [-0.05, 0) is 48.5 Å². The Morgan fingerprint density at radius 1 is 0.622 bits per heavy atom. The highest BCUT2D eigenvalue weighted by Crippen LogP contribution is 2.16. The van der Waals surface area contributed by atoms with Gasteiger partial charge in [0.15, 0.2) is 11.9 Å². The number of halogens is 1. The minimum absolute atomic E-state index is 0. The van der Waals surface area contributed by atoms with Crippen molar-refractivity contribution in [2.24, 2.45) is 9.98 Å². The lowest BCUT2D eigenvalue weighted by Crippen LogP contribution is -2.38. The Hall–Kier alpha value is -4.52. The molecule has 0 atom stereocenters. The van der Waals surface area contributed by atoms with Crippen LogP contribution in [0.4, 0.5) is 27.5 Å². The molecule has 0 aromatic heterocycles. The summed E-state index contributed by atoms with van der Waals surface area (Å²) in [6.07, 6.45) is 0. The van der Waals surface area contributed by atoms with Gasteiger partial charge < -0.3 is 42.5 Å². The van der Waals surface area contributed by atoms with Gasteiger partial charge in [0.05, 0.1) is 26.2 Å². The van der Waals surface area contributed by atoms with Gasteiger partial charge >= 0.3 is 6.03 Å². The van der Waals surface area contributed by atoms with Gasteiger partial charge in [-0.3, -0.25) is 19.6 Å². The second-order valence-corrected chi connectivity index (χ2v) is 7.85. The van der Waals surface area contributed by atoms with Crippen LogP contribution in [0.2, 0.25) is 0 Å². The summed E-state index contributed by atoms with van der Waals surface area (Å²) in [5.41, 5.74) is 2.33. The molecular formula is C23H29ClN10O3. The average molecular weight is 529 g/mol. The van der Waals surface area contributed by atoms with E-state index in [9.17, 15) is 14.4 Å². The second kappa shape index (κ2) is 13.5. The number of hydrogen-bond acceptors (Lipinski definition) is 9. The number of amides is 4. The molecule has 2 aliphatic rings. The highest BCUT2D eigenvalue weighted by molar-refractivity contribution is 6.01. The van der Waals surface area contributed by atoms with Crippen LogP contribution >= 0.6 is 12.4 Å². The molecule has 2 heterocycles. The molecule has 0 radical (unpaired) electrons. The SMILES string of the molecule is Cl.O=C(CNC1=NCCN1)Nc1ccc(NC(=O)Nc2ccc(NC(=O)CNC3=NCCN3)cc2)cc1. The van der Waals surface area contributed by atoms with Crippen LogP contribution < -0.4 is 42.5 Å². The molecule has 0 saturated heterocycles. The molecule has 2 aliphatic heterocycles. The van der Waals surface area contributed by atoms with Crippen LogP contribution in [0.1, 0.15) is 0 Å². The highest BCUT2D eigenvalue weighted by Gasteiger charge is 2.09. The van der Waals surface area contributed by atoms with Gasteiger partial charge in [0.2, 0.25) is 11.8 Å². The number of benzene rings is 2. The van der Waals surface area contributed by atoms with Crippen LogP contribution in [-0.2, 0) is 9.59 Å². The molecule has 2 aromatic rings. The number of nitrogens with zero attached hydrogens (tertiary/aromatic N) is 2. The smallest absolute Gasteiger partial charge is 0.323 e. The minimum atomic E-state index is -0.424. The van der Waals surface area contributed by atoms with E-state index in [1.807, 2.05) is 0 Å². The Kier molecular flexibility index (Phi) is 9.91. The van der Waals surface area contributed by atoms with Gasteiger partial charge in [0.1, 0.15) is 0 Å². The van der Waals surface area contributed by atoms with E-state index in [1.54, 1.807) is 48.5 Å². The summed E-state index contributed by atoms with van der Waals surface area (Å²) < 4.78 is 0. The Bertz CT molecular complexity index is 1060. The molecule has 0 saturated carbocycles. The number of aliphatic imine (C=N–C) groups is 2. The molecule has 0 unspecified atom stereocenters. The molecule has 0 fully saturated rings. The number of hydrogen-bond donors (Lipinski definition) is 8. The van der Waals surface area contributed by atoms with Crippen LogP contribution in [0.5, 0.6) is 0 Å². The topological polar surface area (TPSA) is 172 Å². The number of anilines is 4. The summed E-state index contributed by atoms with van der Waals surface area (Å²) in [7, 11) is 0. The molecule has 0 aliphatic carbocycles. The van der Waals surface area contributed by atoms with Gasteiger partial charge in [-0.15, -0.1) is 12.4 Å². The van der Waals surface area contributed by atoms with Crippen molar-refractivity contribution >= 4 is 64.9 Å². The van der Waals surface area contributed by atoms with Crippen molar-refractivity contribution in [3.63, 3.8) is 0 Å². The number of urea groups is 1. The first-order valence-corrected chi connectivity index (χ1v) is 11.5. The molecule has 4 rings (SSSR count). The number of carbonyl (C=O) groups is 3. The van der Waals surface area contributed by atoms with Crippen LogP contribution in [-0.4, -0.2) is 69.0 Å². The summed E-state index contributed by atoms with van der Waals surface area (Å²) in [6, 6.07) is 13.1. The van der Waals surface area contributed by atoms with Crippen molar-refractivity contribution in [2.45, 2.75) is 0 Å². The fourth-order valence-corrected chi connectivity index (χ4v) is 3.34. The van der Waals surface area contributed by atoms with Gasteiger partial charge in [0.25, 0.3) is 0 Å². The lowest BCUT2D eigenvalue weighted by molar-refractivity contribution is -0.116. The predicted molar refractivity (Wildman–Crippen MR) is 147 cm³/mol. The molecule has 0 spiro atoms. The molecule has 196 valence electrons. The molecule has 8 N–H and O–H groups in total. The predicted octanol–water partition coefficient (Wildman–Crippen LogP) is 0.727. The number of nitrogens with one attached hydrogen (secondary N) is 8. The fraction of sp³-hybridized carbons (Fsp3) is 0.261. The van der Waals surface area contributed by atoms with Crippen molar-refractivity contribution in [1.82, 2.24) is 21.3 Å². The lowest BCUT2D eigenvalue weighted by Gasteiger charge is -2.11. The number of carbonyl (C=O) groups excluding carboxylic acids is 3. The van der Waals surface area contributed by atoms with Crippen molar-refractivity contribution in [3.8, 4) is 0 Å². The maximum atomic E-state index is 12.3. The Morgan fingerprint density at radius 3 is 1.30 bits per heavy atom. The second-order valence-electron chi connectivity index (χ2n) is 7.85. The molecular weight excluding hydrogens is 500 g/mol. The van der Waals surface area contributed by atoms with E-state index in [0.29, 0.717) is 47.8 Å². The van der Waals surface area contributed by atoms with E-state index in [-0.39, 0.29) is 37.3 Å².